The maximum atomic E-state index is 12.3. The minimum absolute atomic E-state index is 0. The minimum atomic E-state index is -5.07. The molecule has 5 nitrogen and oxygen atoms in total. The smallest absolute Gasteiger partial charge is 0.448 e. The molecule has 1 aromatic heterocycles. The second-order valence-electron chi connectivity index (χ2n) is 4.87. The van der Waals surface area contributed by atoms with Crippen LogP contribution in [0.3, 0.4) is 0 Å². The van der Waals surface area contributed by atoms with E-state index in [1.165, 1.54) is 12.3 Å². The van der Waals surface area contributed by atoms with Gasteiger partial charge < -0.3 is 22.6 Å². The third kappa shape index (κ3) is 5.68. The molecule has 0 aliphatic carbocycles. The Hall–Kier alpha value is 0.131. The van der Waals surface area contributed by atoms with E-state index in [0.717, 1.165) is 12.8 Å². The molecule has 0 bridgehead atoms. The third-order valence-electron chi connectivity index (χ3n) is 3.38. The van der Waals surface area contributed by atoms with E-state index < -0.39 is 19.0 Å². The number of rotatable bonds is 4. The topological polar surface area (TPSA) is 47.4 Å². The van der Waals surface area contributed by atoms with Crippen LogP contribution in [-0.2, 0) is 11.2 Å². The Labute approximate surface area is 163 Å². The second kappa shape index (κ2) is 8.12. The molecule has 1 saturated heterocycles. The van der Waals surface area contributed by atoms with E-state index in [2.05, 4.69) is 5.10 Å². The molecule has 0 aromatic carbocycles. The average molecular weight is 329 g/mol. The molecule has 1 fully saturated rings. The number of hydrogen-bond donors (Lipinski definition) is 0. The van der Waals surface area contributed by atoms with Crippen molar-refractivity contribution in [1.29, 1.82) is 0 Å². The number of aromatic nitrogens is 2. The fourth-order valence-electron chi connectivity index (χ4n) is 2.28. The van der Waals surface area contributed by atoms with Gasteiger partial charge in [0.15, 0.2) is 0 Å². The van der Waals surface area contributed by atoms with Gasteiger partial charge in [-0.2, -0.15) is 5.10 Å². The van der Waals surface area contributed by atoms with Gasteiger partial charge in [0.2, 0.25) is 0 Å². The number of anilines is 1. The number of nitrogens with zero attached hydrogens (tertiary/aromatic N) is 3. The zero-order chi connectivity index (χ0) is 14.8. The van der Waals surface area contributed by atoms with Crippen LogP contribution in [0.4, 0.5) is 18.6 Å². The summed E-state index contributed by atoms with van der Waals surface area (Å²) in [6.07, 6.45) is 1.87. The predicted molar refractivity (Wildman–Crippen MR) is 69.8 cm³/mol. The molecule has 0 amide bonds. The van der Waals surface area contributed by atoms with Crippen molar-refractivity contribution in [3.63, 3.8) is 0 Å². The molecule has 0 atom stereocenters. The molecule has 1 aromatic rings. The normalized spacial score (nSPS) is 16.7. The van der Waals surface area contributed by atoms with Crippen molar-refractivity contribution in [1.82, 2.24) is 9.78 Å². The molecule has 112 valence electrons. The number of ether oxygens (including phenoxy) is 1. The van der Waals surface area contributed by atoms with Crippen LogP contribution < -0.4 is 61.8 Å². The van der Waals surface area contributed by atoms with E-state index in [-0.39, 0.29) is 57.5 Å². The van der Waals surface area contributed by atoms with E-state index in [0.29, 0.717) is 23.5 Å². The van der Waals surface area contributed by atoms with Gasteiger partial charge in [0.1, 0.15) is 0 Å². The Bertz CT molecular complexity index is 518. The summed E-state index contributed by atoms with van der Waals surface area (Å²) in [6.45, 7) is -3.67. The first kappa shape index (κ1) is 19.2. The van der Waals surface area contributed by atoms with E-state index in [1.807, 2.05) is 4.90 Å². The fourth-order valence-corrected chi connectivity index (χ4v) is 2.28. The maximum Gasteiger partial charge on any atom is 1.00 e. The van der Waals surface area contributed by atoms with E-state index in [4.69, 9.17) is 4.74 Å². The molecule has 1 aliphatic rings. The van der Waals surface area contributed by atoms with Gasteiger partial charge in [-0.15, -0.1) is 0 Å². The summed E-state index contributed by atoms with van der Waals surface area (Å²) in [5, 5.41) is 3.60. The van der Waals surface area contributed by atoms with Crippen molar-refractivity contribution in [3.05, 3.63) is 22.6 Å². The zero-order valence-electron chi connectivity index (χ0n) is 12.1. The number of methoxy groups -OCH3 is 1. The summed E-state index contributed by atoms with van der Waals surface area (Å²) in [5.41, 5.74) is -0.161. The third-order valence-corrected chi connectivity index (χ3v) is 3.38. The van der Waals surface area contributed by atoms with Gasteiger partial charge in [-0.05, 0) is 12.8 Å². The van der Waals surface area contributed by atoms with Gasteiger partial charge in [0.25, 0.3) is 5.56 Å². The van der Waals surface area contributed by atoms with Crippen LogP contribution in [0.2, 0.25) is 0 Å². The molecular weight excluding hydrogens is 313 g/mol. The van der Waals surface area contributed by atoms with Crippen LogP contribution in [0.1, 0.15) is 12.8 Å². The molecule has 2 rings (SSSR count). The fraction of sp³-hybridized carbons (Fsp3) is 0.636. The van der Waals surface area contributed by atoms with Gasteiger partial charge in [-0.25, -0.2) is 0 Å². The summed E-state index contributed by atoms with van der Waals surface area (Å²) >= 11 is 0. The molecule has 21 heavy (non-hydrogen) atoms. The molecule has 0 N–H and O–H groups in total. The Morgan fingerprint density at radius 1 is 1.38 bits per heavy atom. The van der Waals surface area contributed by atoms with Gasteiger partial charge in [-0.3, -0.25) is 9.48 Å². The largest absolute Gasteiger partial charge is 1.00 e. The first-order valence-corrected chi connectivity index (χ1v) is 6.45. The summed E-state index contributed by atoms with van der Waals surface area (Å²) in [4.78, 5) is 13.6. The van der Waals surface area contributed by atoms with Crippen molar-refractivity contribution in [2.24, 2.45) is 0 Å². The standard InChI is InChI=1S/C11H16BF3N3O2.K/c1-20-10-2-4-17(5-3-10)9-6-11(19)18(16-7-9)8-12(13,14)15;/h6-7,10H,2-5,8H2,1H3;/q-1;+1. The average Bonchev–Trinajstić information content (AvgIpc) is 2.40. The Morgan fingerprint density at radius 2 is 2.00 bits per heavy atom. The Morgan fingerprint density at radius 3 is 2.48 bits per heavy atom. The monoisotopic (exact) mass is 329 g/mol. The van der Waals surface area contributed by atoms with Gasteiger partial charge >= 0.3 is 58.4 Å². The second-order valence-corrected chi connectivity index (χ2v) is 4.87. The minimum Gasteiger partial charge on any atom is -0.448 e. The number of halogens is 3. The maximum absolute atomic E-state index is 12.3. The quantitative estimate of drug-likeness (QED) is 0.615. The van der Waals surface area contributed by atoms with Crippen LogP contribution in [-0.4, -0.2) is 43.1 Å². The molecule has 0 saturated carbocycles. The SMILES string of the molecule is COC1CCN(c2cnn(C[B-](F)(F)F)c(=O)c2)CC1.[K+]. The molecule has 0 spiro atoms. The van der Waals surface area contributed by atoms with Crippen LogP contribution in [0, 0.1) is 0 Å². The van der Waals surface area contributed by atoms with Crippen LogP contribution in [0.15, 0.2) is 17.1 Å². The number of hydrogen-bond acceptors (Lipinski definition) is 4. The summed E-state index contributed by atoms with van der Waals surface area (Å²) in [5.74, 6) is 0. The molecule has 2 heterocycles. The summed E-state index contributed by atoms with van der Waals surface area (Å²) < 4.78 is 42.6. The Kier molecular flexibility index (Phi) is 7.41. The van der Waals surface area contributed by atoms with Crippen LogP contribution >= 0.6 is 0 Å². The molecular formula is C11H16BF3KN3O2. The van der Waals surface area contributed by atoms with Gasteiger partial charge in [-0.1, -0.05) is 0 Å². The van der Waals surface area contributed by atoms with E-state index in [9.17, 15) is 17.7 Å². The van der Waals surface area contributed by atoms with E-state index in [1.54, 1.807) is 7.11 Å². The van der Waals surface area contributed by atoms with E-state index >= 15 is 0 Å². The summed E-state index contributed by atoms with van der Waals surface area (Å²) in [7, 11) is 1.65. The number of piperidine rings is 1. The van der Waals surface area contributed by atoms with Gasteiger partial charge in [0.05, 0.1) is 18.0 Å². The first-order chi connectivity index (χ1) is 9.39. The summed E-state index contributed by atoms with van der Waals surface area (Å²) in [6, 6.07) is 1.21. The molecule has 10 heteroatoms. The molecule has 0 unspecified atom stereocenters. The molecule has 1 aliphatic heterocycles. The van der Waals surface area contributed by atoms with Crippen LogP contribution in [0.5, 0.6) is 0 Å². The van der Waals surface area contributed by atoms with Crippen molar-refractivity contribution < 1.29 is 69.1 Å². The van der Waals surface area contributed by atoms with Crippen molar-refractivity contribution in [3.8, 4) is 0 Å². The van der Waals surface area contributed by atoms with Crippen LogP contribution in [0.25, 0.3) is 0 Å². The van der Waals surface area contributed by atoms with Crippen molar-refractivity contribution in [2.75, 3.05) is 25.1 Å². The Balaban J connectivity index is 0.00000220. The predicted octanol–water partition coefficient (Wildman–Crippen LogP) is -1.75. The van der Waals surface area contributed by atoms with Crippen molar-refractivity contribution in [2.45, 2.75) is 25.4 Å². The van der Waals surface area contributed by atoms with Crippen molar-refractivity contribution >= 4 is 12.7 Å². The molecule has 0 radical (unpaired) electrons. The first-order valence-electron chi connectivity index (χ1n) is 6.45. The zero-order valence-corrected chi connectivity index (χ0v) is 15.3. The van der Waals surface area contributed by atoms with Gasteiger partial charge in [0, 0.05) is 32.7 Å².